The van der Waals surface area contributed by atoms with Crippen molar-refractivity contribution in [3.8, 4) is 0 Å². The van der Waals surface area contributed by atoms with Gasteiger partial charge in [0.05, 0.1) is 24.3 Å². The van der Waals surface area contributed by atoms with Crippen LogP contribution in [0, 0.1) is 0 Å². The summed E-state index contributed by atoms with van der Waals surface area (Å²) in [4.78, 5) is 28.0. The summed E-state index contributed by atoms with van der Waals surface area (Å²) in [6.45, 7) is 5.16. The summed E-state index contributed by atoms with van der Waals surface area (Å²) in [6, 6.07) is 4.99. The molecule has 1 fully saturated rings. The van der Waals surface area contributed by atoms with Gasteiger partial charge in [-0.15, -0.1) is 0 Å². The smallest absolute Gasteiger partial charge is 0.255 e. The van der Waals surface area contributed by atoms with E-state index in [0.29, 0.717) is 29.4 Å². The Kier molecular flexibility index (Phi) is 6.07. The third-order valence-corrected chi connectivity index (χ3v) is 4.06. The Morgan fingerprint density at radius 1 is 1.29 bits per heavy atom. The van der Waals surface area contributed by atoms with Crippen LogP contribution in [-0.4, -0.2) is 67.6 Å². The maximum atomic E-state index is 12.4. The maximum absolute atomic E-state index is 12.4. The SMILES string of the molecule is CC1CN(C(=O)CNc2cc(Cl)ccc2C(=O)N(C)C)CC(C)O1. The standard InChI is InChI=1S/C17H24ClN3O3/c1-11-9-21(10-12(2)24-11)16(22)8-19-15-7-13(18)5-6-14(15)17(23)20(3)4/h5-7,11-12,19H,8-10H2,1-4H3. The van der Waals surface area contributed by atoms with E-state index >= 15 is 0 Å². The Hall–Kier alpha value is -1.79. The van der Waals surface area contributed by atoms with Crippen molar-refractivity contribution < 1.29 is 14.3 Å². The molecule has 0 bridgehead atoms. The van der Waals surface area contributed by atoms with Crippen LogP contribution in [0.1, 0.15) is 24.2 Å². The number of halogens is 1. The van der Waals surface area contributed by atoms with Gasteiger partial charge in [0.25, 0.3) is 5.91 Å². The van der Waals surface area contributed by atoms with E-state index in [9.17, 15) is 9.59 Å². The van der Waals surface area contributed by atoms with E-state index in [1.54, 1.807) is 37.2 Å². The molecule has 0 saturated carbocycles. The minimum Gasteiger partial charge on any atom is -0.375 e. The van der Waals surface area contributed by atoms with Crippen molar-refractivity contribution in [2.75, 3.05) is 39.0 Å². The van der Waals surface area contributed by atoms with E-state index in [0.717, 1.165) is 0 Å². The molecule has 132 valence electrons. The van der Waals surface area contributed by atoms with Gasteiger partial charge in [-0.2, -0.15) is 0 Å². The average molecular weight is 354 g/mol. The lowest BCUT2D eigenvalue weighted by Gasteiger charge is -2.35. The Bertz CT molecular complexity index is 611. The summed E-state index contributed by atoms with van der Waals surface area (Å²) in [7, 11) is 3.37. The van der Waals surface area contributed by atoms with Crippen molar-refractivity contribution in [2.24, 2.45) is 0 Å². The van der Waals surface area contributed by atoms with Crippen LogP contribution in [0.25, 0.3) is 0 Å². The molecule has 1 saturated heterocycles. The molecular formula is C17H24ClN3O3. The van der Waals surface area contributed by atoms with Gasteiger partial charge in [-0.1, -0.05) is 11.6 Å². The van der Waals surface area contributed by atoms with Crippen molar-refractivity contribution in [2.45, 2.75) is 26.1 Å². The van der Waals surface area contributed by atoms with Crippen LogP contribution in [0.5, 0.6) is 0 Å². The highest BCUT2D eigenvalue weighted by molar-refractivity contribution is 6.31. The molecule has 2 amide bonds. The third kappa shape index (κ3) is 4.61. The first-order valence-electron chi connectivity index (χ1n) is 7.96. The van der Waals surface area contributed by atoms with Gasteiger partial charge in [-0.3, -0.25) is 9.59 Å². The number of amides is 2. The molecule has 24 heavy (non-hydrogen) atoms. The molecule has 1 heterocycles. The lowest BCUT2D eigenvalue weighted by atomic mass is 10.1. The minimum atomic E-state index is -0.143. The van der Waals surface area contributed by atoms with Crippen molar-refractivity contribution in [1.29, 1.82) is 0 Å². The van der Waals surface area contributed by atoms with Crippen LogP contribution in [0.4, 0.5) is 5.69 Å². The minimum absolute atomic E-state index is 0.0229. The first-order valence-corrected chi connectivity index (χ1v) is 8.34. The molecule has 0 aromatic heterocycles. The molecule has 1 aliphatic heterocycles. The second-order valence-electron chi connectivity index (χ2n) is 6.30. The number of benzene rings is 1. The van der Waals surface area contributed by atoms with E-state index < -0.39 is 0 Å². The number of carbonyl (C=O) groups is 2. The number of hydrogen-bond acceptors (Lipinski definition) is 4. The van der Waals surface area contributed by atoms with E-state index in [1.807, 2.05) is 13.8 Å². The van der Waals surface area contributed by atoms with Crippen LogP contribution in [0.2, 0.25) is 5.02 Å². The van der Waals surface area contributed by atoms with Crippen molar-refractivity contribution in [1.82, 2.24) is 9.80 Å². The number of ether oxygens (including phenoxy) is 1. The molecule has 2 unspecified atom stereocenters. The molecule has 6 nitrogen and oxygen atoms in total. The van der Waals surface area contributed by atoms with E-state index in [2.05, 4.69) is 5.32 Å². The van der Waals surface area contributed by atoms with Crippen LogP contribution in [0.15, 0.2) is 18.2 Å². The molecule has 1 aromatic carbocycles. The topological polar surface area (TPSA) is 61.9 Å². The fraction of sp³-hybridized carbons (Fsp3) is 0.529. The summed E-state index contributed by atoms with van der Waals surface area (Å²) in [5.74, 6) is -0.171. The van der Waals surface area contributed by atoms with Gasteiger partial charge in [0.2, 0.25) is 5.91 Å². The fourth-order valence-corrected chi connectivity index (χ4v) is 2.93. The van der Waals surface area contributed by atoms with Crippen LogP contribution < -0.4 is 5.32 Å². The molecular weight excluding hydrogens is 330 g/mol. The highest BCUT2D eigenvalue weighted by atomic mass is 35.5. The number of nitrogens with one attached hydrogen (secondary N) is 1. The molecule has 2 rings (SSSR count). The number of hydrogen-bond donors (Lipinski definition) is 1. The van der Waals surface area contributed by atoms with Crippen molar-refractivity contribution in [3.63, 3.8) is 0 Å². The molecule has 2 atom stereocenters. The Labute approximate surface area is 147 Å². The molecule has 0 aliphatic carbocycles. The second-order valence-corrected chi connectivity index (χ2v) is 6.74. The zero-order chi connectivity index (χ0) is 17.9. The van der Waals surface area contributed by atoms with Crippen molar-refractivity contribution >= 4 is 29.1 Å². The molecule has 7 heteroatoms. The number of anilines is 1. The Morgan fingerprint density at radius 3 is 2.50 bits per heavy atom. The summed E-state index contributed by atoms with van der Waals surface area (Å²) < 4.78 is 5.64. The zero-order valence-corrected chi connectivity index (χ0v) is 15.3. The van der Waals surface area contributed by atoms with Crippen molar-refractivity contribution in [3.05, 3.63) is 28.8 Å². The predicted octanol–water partition coefficient (Wildman–Crippen LogP) is 2.09. The lowest BCUT2D eigenvalue weighted by Crippen LogP contribution is -2.49. The number of morpholine rings is 1. The monoisotopic (exact) mass is 353 g/mol. The normalized spacial score (nSPS) is 20.6. The van der Waals surface area contributed by atoms with Gasteiger partial charge < -0.3 is 19.9 Å². The van der Waals surface area contributed by atoms with Gasteiger partial charge in [-0.25, -0.2) is 0 Å². The maximum Gasteiger partial charge on any atom is 0.255 e. The summed E-state index contributed by atoms with van der Waals surface area (Å²) in [5.41, 5.74) is 1.05. The Morgan fingerprint density at radius 2 is 1.92 bits per heavy atom. The summed E-state index contributed by atoms with van der Waals surface area (Å²) in [5, 5.41) is 3.56. The van der Waals surface area contributed by atoms with Gasteiger partial charge >= 0.3 is 0 Å². The van der Waals surface area contributed by atoms with Crippen LogP contribution >= 0.6 is 11.6 Å². The van der Waals surface area contributed by atoms with Crippen LogP contribution in [0.3, 0.4) is 0 Å². The van der Waals surface area contributed by atoms with Gasteiger partial charge in [-0.05, 0) is 32.0 Å². The molecule has 1 N–H and O–H groups in total. The van der Waals surface area contributed by atoms with Gasteiger partial charge in [0.1, 0.15) is 0 Å². The largest absolute Gasteiger partial charge is 0.375 e. The first-order chi connectivity index (χ1) is 11.3. The average Bonchev–Trinajstić information content (AvgIpc) is 2.51. The van der Waals surface area contributed by atoms with E-state index in [1.165, 1.54) is 4.90 Å². The van der Waals surface area contributed by atoms with E-state index in [-0.39, 0.29) is 30.6 Å². The van der Waals surface area contributed by atoms with Gasteiger partial charge in [0.15, 0.2) is 0 Å². The molecule has 1 aliphatic rings. The van der Waals surface area contributed by atoms with Crippen LogP contribution in [-0.2, 0) is 9.53 Å². The highest BCUT2D eigenvalue weighted by Crippen LogP contribution is 2.22. The highest BCUT2D eigenvalue weighted by Gasteiger charge is 2.25. The second kappa shape index (κ2) is 7.85. The molecule has 1 aromatic rings. The Balaban J connectivity index is 2.07. The zero-order valence-electron chi connectivity index (χ0n) is 14.5. The quantitative estimate of drug-likeness (QED) is 0.900. The van der Waals surface area contributed by atoms with Gasteiger partial charge in [0, 0.05) is 37.9 Å². The van der Waals surface area contributed by atoms with E-state index in [4.69, 9.17) is 16.3 Å². The number of rotatable bonds is 4. The number of carbonyl (C=O) groups excluding carboxylic acids is 2. The predicted molar refractivity (Wildman–Crippen MR) is 94.5 cm³/mol. The third-order valence-electron chi connectivity index (χ3n) is 3.82. The summed E-state index contributed by atoms with van der Waals surface area (Å²) >= 11 is 6.03. The fourth-order valence-electron chi connectivity index (χ4n) is 2.75. The number of nitrogens with zero attached hydrogens (tertiary/aromatic N) is 2. The lowest BCUT2D eigenvalue weighted by molar-refractivity contribution is -0.141. The molecule has 0 radical (unpaired) electrons. The first kappa shape index (κ1) is 18.5. The molecule has 0 spiro atoms. The summed E-state index contributed by atoms with van der Waals surface area (Å²) in [6.07, 6.45) is 0.0458.